The molecule has 0 saturated carbocycles. The van der Waals surface area contributed by atoms with Gasteiger partial charge in [0, 0.05) is 43.1 Å². The van der Waals surface area contributed by atoms with Gasteiger partial charge in [0.25, 0.3) is 0 Å². The van der Waals surface area contributed by atoms with Gasteiger partial charge in [-0.2, -0.15) is 0 Å². The van der Waals surface area contributed by atoms with Gasteiger partial charge >= 0.3 is 0 Å². The summed E-state index contributed by atoms with van der Waals surface area (Å²) >= 11 is 0. The second kappa shape index (κ2) is 11.2. The lowest BCUT2D eigenvalue weighted by Crippen LogP contribution is -1.92. The first-order valence-electron chi connectivity index (χ1n) is 26.9. The monoisotopic (exact) mass is 706 g/mol. The number of rotatable bonds is 4. The van der Waals surface area contributed by atoms with Crippen LogP contribution in [0.4, 0.5) is 0 Å². The SMILES string of the molecule is [2H]c1c([2H])c([2H])c(-c2ccc3c(c2)oc2c3cc3c(-c4c([2H])c([2H])c([2H])c([2H])c4[2H])cc4c5oc6cc(-c7c([2H])c([2H])c([2H])c([2H])c7[2H])ccc6c5cc5c(-c6c([2H])c([2H])c([2H])c([2H])c6[2H])cc2c3c54)c([2H])c1[2H]. The highest BCUT2D eigenvalue weighted by Gasteiger charge is 2.24. The van der Waals surface area contributed by atoms with Gasteiger partial charge in [-0.1, -0.05) is 133 Å². The summed E-state index contributed by atoms with van der Waals surface area (Å²) in [4.78, 5) is 0. The van der Waals surface area contributed by atoms with Crippen LogP contribution in [0.3, 0.4) is 0 Å². The van der Waals surface area contributed by atoms with E-state index in [1.807, 2.05) is 0 Å². The largest absolute Gasteiger partial charge is 0.455 e. The average Bonchev–Trinajstić information content (AvgIpc) is 3.98. The van der Waals surface area contributed by atoms with Crippen molar-refractivity contribution in [3.63, 3.8) is 0 Å². The van der Waals surface area contributed by atoms with E-state index in [2.05, 4.69) is 0 Å². The highest BCUT2D eigenvalue weighted by molar-refractivity contribution is 6.38. The van der Waals surface area contributed by atoms with Gasteiger partial charge in [-0.05, 0) is 104 Å². The molecule has 0 radical (unpaired) electrons. The van der Waals surface area contributed by atoms with Crippen LogP contribution in [0.5, 0.6) is 0 Å². The Kier molecular flexibility index (Phi) is 3.36. The smallest absolute Gasteiger partial charge is 0.143 e. The first-order valence-corrected chi connectivity index (χ1v) is 16.9. The maximum atomic E-state index is 9.24. The van der Waals surface area contributed by atoms with Crippen LogP contribution in [0.25, 0.3) is 121 Å². The first-order chi connectivity index (χ1) is 35.0. The van der Waals surface area contributed by atoms with Crippen molar-refractivity contribution < 1.29 is 36.2 Å². The van der Waals surface area contributed by atoms with E-state index in [-0.39, 0.29) is 66.8 Å². The molecule has 12 aromatic rings. The third kappa shape index (κ3) is 4.22. The van der Waals surface area contributed by atoms with Crippen molar-refractivity contribution in [2.24, 2.45) is 0 Å². The Labute approximate surface area is 338 Å². The fourth-order valence-electron chi connectivity index (χ4n) is 7.84. The molecule has 12 rings (SSSR count). The number of furan rings is 2. The van der Waals surface area contributed by atoms with Gasteiger partial charge in [0.05, 0.1) is 27.4 Å². The van der Waals surface area contributed by atoms with Crippen LogP contribution in [-0.2, 0) is 0 Å². The van der Waals surface area contributed by atoms with Gasteiger partial charge < -0.3 is 8.83 Å². The first kappa shape index (κ1) is 16.2. The van der Waals surface area contributed by atoms with Crippen LogP contribution in [0.15, 0.2) is 190 Å². The predicted molar refractivity (Wildman–Crippen MR) is 226 cm³/mol. The molecular weight excluding hydrogens is 657 g/mol. The Balaban J connectivity index is 1.29. The van der Waals surface area contributed by atoms with E-state index < -0.39 is 121 Å². The zero-order valence-corrected chi connectivity index (χ0v) is 27.6. The standard InChI is InChI=1S/C52H30O2/c1-5-13-31(14-6-1)35-21-23-37-43-29-41-40(34-19-11-4-12-20-34)28-46-50-42(30-44-38-24-22-36(26-48(38)54-52(44)46)32-15-7-2-8-16-32)39(33-17-9-3-10-18-33)27-45(49(41)50)51(43)53-47(37)25-35/h1-30H/i1D,2D,3D,4D,5D,6D,7D,8D,9D,10D,11D,12D,13D,14D,15D,16D,17D,18D,19D,20D. The molecule has 2 heteroatoms. The van der Waals surface area contributed by atoms with Gasteiger partial charge in [-0.15, -0.1) is 0 Å². The van der Waals surface area contributed by atoms with E-state index in [4.69, 9.17) is 30.8 Å². The second-order valence-corrected chi connectivity index (χ2v) is 12.9. The third-order valence-electron chi connectivity index (χ3n) is 10.1. The Bertz CT molecular complexity index is 4200. The van der Waals surface area contributed by atoms with E-state index >= 15 is 0 Å². The van der Waals surface area contributed by atoms with Crippen molar-refractivity contribution in [3.8, 4) is 44.5 Å². The van der Waals surface area contributed by atoms with Crippen LogP contribution in [0, 0.1) is 0 Å². The minimum Gasteiger partial charge on any atom is -0.455 e. The van der Waals surface area contributed by atoms with Crippen molar-refractivity contribution in [2.75, 3.05) is 0 Å². The third-order valence-corrected chi connectivity index (χ3v) is 10.1. The molecule has 10 aromatic carbocycles. The van der Waals surface area contributed by atoms with Crippen LogP contribution in [0.2, 0.25) is 0 Å². The van der Waals surface area contributed by atoms with E-state index in [0.29, 0.717) is 53.9 Å². The van der Waals surface area contributed by atoms with E-state index in [9.17, 15) is 5.48 Å². The maximum Gasteiger partial charge on any atom is 0.143 e. The molecule has 0 aliphatic carbocycles. The van der Waals surface area contributed by atoms with Crippen LogP contribution >= 0.6 is 0 Å². The molecular formula is C52H30O2. The molecule has 0 unspecified atom stereocenters. The highest BCUT2D eigenvalue weighted by atomic mass is 16.3. The van der Waals surface area contributed by atoms with Gasteiger partial charge in [-0.3, -0.25) is 0 Å². The minimum atomic E-state index is -0.628. The molecule has 0 saturated heterocycles. The molecule has 0 spiro atoms. The Morgan fingerprint density at radius 1 is 0.296 bits per heavy atom. The van der Waals surface area contributed by atoms with Gasteiger partial charge in [0.2, 0.25) is 0 Å². The lowest BCUT2D eigenvalue weighted by atomic mass is 9.84. The molecule has 0 N–H and O–H groups in total. The molecule has 250 valence electrons. The predicted octanol–water partition coefficient (Wildman–Crippen LogP) is 15.1. The topological polar surface area (TPSA) is 26.3 Å². The zero-order chi connectivity index (χ0) is 52.7. The molecule has 2 heterocycles. The molecule has 0 amide bonds. The summed E-state index contributed by atoms with van der Waals surface area (Å²) < 4.78 is 187. The van der Waals surface area contributed by atoms with Crippen molar-refractivity contribution in [2.45, 2.75) is 0 Å². The van der Waals surface area contributed by atoms with Crippen LogP contribution in [-0.4, -0.2) is 0 Å². The van der Waals surface area contributed by atoms with Crippen molar-refractivity contribution in [1.29, 1.82) is 0 Å². The Morgan fingerprint density at radius 3 is 1.06 bits per heavy atom. The minimum absolute atomic E-state index is 0.0809. The number of hydrogen-bond donors (Lipinski definition) is 0. The summed E-state index contributed by atoms with van der Waals surface area (Å²) in [5.41, 5.74) is 1.09. The molecule has 0 aliphatic rings. The normalized spacial score (nSPS) is 17.3. The molecule has 0 bridgehead atoms. The Morgan fingerprint density at radius 2 is 0.667 bits per heavy atom. The average molecular weight is 707 g/mol. The number of fused-ring (bicyclic) bond motifs is 8. The summed E-state index contributed by atoms with van der Waals surface area (Å²) in [6.45, 7) is 0. The van der Waals surface area contributed by atoms with Crippen LogP contribution in [0.1, 0.15) is 27.4 Å². The molecule has 2 aromatic heterocycles. The second-order valence-electron chi connectivity index (χ2n) is 12.9. The van der Waals surface area contributed by atoms with Gasteiger partial charge in [0.15, 0.2) is 0 Å². The van der Waals surface area contributed by atoms with Gasteiger partial charge in [0.1, 0.15) is 22.3 Å². The number of benzene rings is 10. The quantitative estimate of drug-likeness (QED) is 0.170. The molecule has 0 aliphatic heterocycles. The number of hydrogen-bond acceptors (Lipinski definition) is 2. The lowest BCUT2D eigenvalue weighted by molar-refractivity contribution is 0.672. The summed E-state index contributed by atoms with van der Waals surface area (Å²) in [5.74, 6) is 0. The summed E-state index contributed by atoms with van der Waals surface area (Å²) in [7, 11) is 0. The van der Waals surface area contributed by atoms with E-state index in [0.717, 1.165) is 0 Å². The molecule has 54 heavy (non-hydrogen) atoms. The summed E-state index contributed by atoms with van der Waals surface area (Å²) in [6, 6.07) is 5.37. The molecule has 0 fully saturated rings. The van der Waals surface area contributed by atoms with Crippen molar-refractivity contribution in [1.82, 2.24) is 0 Å². The van der Waals surface area contributed by atoms with E-state index in [1.165, 1.54) is 12.1 Å². The van der Waals surface area contributed by atoms with Crippen molar-refractivity contribution >= 4 is 76.2 Å². The fourth-order valence-corrected chi connectivity index (χ4v) is 7.84. The summed E-state index contributed by atoms with van der Waals surface area (Å²) in [5, 5.41) is 3.88. The Hall–Kier alpha value is -7.16. The van der Waals surface area contributed by atoms with Gasteiger partial charge in [-0.25, -0.2) is 0 Å². The van der Waals surface area contributed by atoms with E-state index in [1.54, 1.807) is 48.5 Å². The molecule has 0 atom stereocenters. The molecule has 2 nitrogen and oxygen atoms in total. The zero-order valence-electron chi connectivity index (χ0n) is 47.6. The van der Waals surface area contributed by atoms with Crippen LogP contribution < -0.4 is 0 Å². The maximum absolute atomic E-state index is 9.24. The fraction of sp³-hybridized carbons (Fsp3) is 0. The highest BCUT2D eigenvalue weighted by Crippen LogP contribution is 2.51. The van der Waals surface area contributed by atoms with Crippen molar-refractivity contribution in [3.05, 3.63) is 182 Å². The summed E-state index contributed by atoms with van der Waals surface area (Å²) in [6.07, 6.45) is 0. The lowest BCUT2D eigenvalue weighted by Gasteiger charge is -2.18.